The van der Waals surface area contributed by atoms with Crippen molar-refractivity contribution in [2.24, 2.45) is 7.05 Å². The second-order valence-electron chi connectivity index (χ2n) is 5.08. The fourth-order valence-electron chi connectivity index (χ4n) is 2.19. The van der Waals surface area contributed by atoms with Crippen LogP contribution in [0.1, 0.15) is 23.7 Å². The molecule has 23 heavy (non-hydrogen) atoms. The van der Waals surface area contributed by atoms with Crippen LogP contribution in [0.3, 0.4) is 0 Å². The molecule has 0 bridgehead atoms. The maximum atomic E-state index is 13.0. The standard InChI is InChI=1S/C14H16FN3O4S/c1-9-13(8-18(2)16-9)23(21,22)17-12(7-14(19)20)10-3-5-11(15)6-4-10/h3-6,8,12,17H,7H2,1-2H3,(H,19,20). The van der Waals surface area contributed by atoms with E-state index in [2.05, 4.69) is 9.82 Å². The third-order valence-corrected chi connectivity index (χ3v) is 4.78. The first-order valence-electron chi connectivity index (χ1n) is 6.69. The largest absolute Gasteiger partial charge is 0.481 e. The number of carbonyl (C=O) groups is 1. The Bertz CT molecular complexity index is 815. The zero-order valence-corrected chi connectivity index (χ0v) is 13.3. The summed E-state index contributed by atoms with van der Waals surface area (Å²) in [6.07, 6.45) is 0.865. The van der Waals surface area contributed by atoms with Crippen LogP contribution in [0.4, 0.5) is 4.39 Å². The summed E-state index contributed by atoms with van der Waals surface area (Å²) >= 11 is 0. The highest BCUT2D eigenvalue weighted by Gasteiger charge is 2.26. The average Bonchev–Trinajstić information content (AvgIpc) is 2.78. The number of benzene rings is 1. The molecule has 2 rings (SSSR count). The highest BCUT2D eigenvalue weighted by atomic mass is 32.2. The summed E-state index contributed by atoms with van der Waals surface area (Å²) in [5, 5.41) is 13.0. The van der Waals surface area contributed by atoms with Crippen LogP contribution in [0.15, 0.2) is 35.4 Å². The Morgan fingerprint density at radius 3 is 2.48 bits per heavy atom. The lowest BCUT2D eigenvalue weighted by molar-refractivity contribution is -0.137. The molecule has 0 radical (unpaired) electrons. The smallest absolute Gasteiger partial charge is 0.305 e. The molecule has 0 fully saturated rings. The zero-order valence-electron chi connectivity index (χ0n) is 12.5. The normalized spacial score (nSPS) is 13.0. The number of aryl methyl sites for hydroxylation is 2. The second kappa shape index (κ2) is 6.47. The lowest BCUT2D eigenvalue weighted by Crippen LogP contribution is -2.30. The number of hydrogen-bond acceptors (Lipinski definition) is 4. The predicted octanol–water partition coefficient (Wildman–Crippen LogP) is 1.36. The van der Waals surface area contributed by atoms with Crippen LogP contribution in [-0.4, -0.2) is 29.3 Å². The van der Waals surface area contributed by atoms with Crippen LogP contribution in [0.25, 0.3) is 0 Å². The third-order valence-electron chi connectivity index (χ3n) is 3.21. The number of rotatable bonds is 6. The summed E-state index contributed by atoms with van der Waals surface area (Å²) in [5.41, 5.74) is 0.659. The van der Waals surface area contributed by atoms with Gasteiger partial charge in [-0.15, -0.1) is 0 Å². The molecule has 2 N–H and O–H groups in total. The maximum absolute atomic E-state index is 13.0. The first-order valence-corrected chi connectivity index (χ1v) is 8.17. The van der Waals surface area contributed by atoms with E-state index in [9.17, 15) is 17.6 Å². The summed E-state index contributed by atoms with van der Waals surface area (Å²) in [7, 11) is -2.38. The van der Waals surface area contributed by atoms with E-state index in [1.807, 2.05) is 0 Å². The number of sulfonamides is 1. The van der Waals surface area contributed by atoms with Crippen LogP contribution in [0, 0.1) is 12.7 Å². The second-order valence-corrected chi connectivity index (χ2v) is 6.76. The Balaban J connectivity index is 2.35. The van der Waals surface area contributed by atoms with Crippen molar-refractivity contribution in [3.63, 3.8) is 0 Å². The van der Waals surface area contributed by atoms with E-state index in [-0.39, 0.29) is 4.90 Å². The first-order chi connectivity index (χ1) is 10.7. The third kappa shape index (κ3) is 4.14. The molecule has 0 aliphatic carbocycles. The predicted molar refractivity (Wildman–Crippen MR) is 79.7 cm³/mol. The number of halogens is 1. The highest BCUT2D eigenvalue weighted by molar-refractivity contribution is 7.89. The molecule has 0 aliphatic rings. The number of carboxylic acid groups (broad SMARTS) is 1. The minimum Gasteiger partial charge on any atom is -0.481 e. The lowest BCUT2D eigenvalue weighted by atomic mass is 10.1. The van der Waals surface area contributed by atoms with Crippen molar-refractivity contribution < 1.29 is 22.7 Å². The molecule has 0 amide bonds. The Kier molecular flexibility index (Phi) is 4.81. The molecule has 0 spiro atoms. The monoisotopic (exact) mass is 341 g/mol. The van der Waals surface area contributed by atoms with Gasteiger partial charge in [-0.2, -0.15) is 5.10 Å². The van der Waals surface area contributed by atoms with Gasteiger partial charge in [-0.3, -0.25) is 9.48 Å². The first kappa shape index (κ1) is 17.1. The van der Waals surface area contributed by atoms with E-state index < -0.39 is 34.3 Å². The van der Waals surface area contributed by atoms with Crippen molar-refractivity contribution in [3.8, 4) is 0 Å². The van der Waals surface area contributed by atoms with Gasteiger partial charge in [-0.05, 0) is 24.6 Å². The van der Waals surface area contributed by atoms with Gasteiger partial charge in [0.05, 0.1) is 18.2 Å². The van der Waals surface area contributed by atoms with Gasteiger partial charge < -0.3 is 5.11 Å². The van der Waals surface area contributed by atoms with Crippen molar-refractivity contribution in [2.75, 3.05) is 0 Å². The number of hydrogen-bond donors (Lipinski definition) is 2. The van der Waals surface area contributed by atoms with Gasteiger partial charge >= 0.3 is 5.97 Å². The zero-order chi connectivity index (χ0) is 17.2. The van der Waals surface area contributed by atoms with E-state index in [1.54, 1.807) is 14.0 Å². The summed E-state index contributed by atoms with van der Waals surface area (Å²) in [4.78, 5) is 11.0. The Morgan fingerprint density at radius 1 is 1.39 bits per heavy atom. The molecule has 0 saturated carbocycles. The molecule has 0 saturated heterocycles. The Hall–Kier alpha value is -2.26. The molecule has 1 heterocycles. The average molecular weight is 341 g/mol. The van der Waals surface area contributed by atoms with Crippen LogP contribution in [0.5, 0.6) is 0 Å². The van der Waals surface area contributed by atoms with Gasteiger partial charge in [0.25, 0.3) is 0 Å². The molecule has 7 nitrogen and oxygen atoms in total. The topological polar surface area (TPSA) is 101 Å². The molecular formula is C14H16FN3O4S. The number of aromatic nitrogens is 2. The fourth-order valence-corrected chi connectivity index (χ4v) is 3.63. The Labute approximate surface area is 132 Å². The molecular weight excluding hydrogens is 325 g/mol. The van der Waals surface area contributed by atoms with E-state index in [0.717, 1.165) is 12.1 Å². The van der Waals surface area contributed by atoms with E-state index in [1.165, 1.54) is 23.0 Å². The molecule has 1 aromatic heterocycles. The van der Waals surface area contributed by atoms with Crippen LogP contribution >= 0.6 is 0 Å². The Morgan fingerprint density at radius 2 is 2.00 bits per heavy atom. The molecule has 2 aromatic rings. The number of carboxylic acids is 1. The molecule has 1 aromatic carbocycles. The molecule has 0 aliphatic heterocycles. The van der Waals surface area contributed by atoms with Crippen molar-refractivity contribution in [2.45, 2.75) is 24.3 Å². The summed E-state index contributed by atoms with van der Waals surface area (Å²) in [6.45, 7) is 1.54. The minimum absolute atomic E-state index is 0.0301. The van der Waals surface area contributed by atoms with Crippen molar-refractivity contribution >= 4 is 16.0 Å². The fraction of sp³-hybridized carbons (Fsp3) is 0.286. The van der Waals surface area contributed by atoms with Crippen LogP contribution in [-0.2, 0) is 21.9 Å². The van der Waals surface area contributed by atoms with E-state index >= 15 is 0 Å². The quantitative estimate of drug-likeness (QED) is 0.826. The van der Waals surface area contributed by atoms with Crippen molar-refractivity contribution in [1.82, 2.24) is 14.5 Å². The molecule has 1 atom stereocenters. The van der Waals surface area contributed by atoms with Crippen molar-refractivity contribution in [3.05, 3.63) is 47.5 Å². The molecule has 124 valence electrons. The lowest BCUT2D eigenvalue weighted by Gasteiger charge is -2.17. The van der Waals surface area contributed by atoms with Gasteiger partial charge in [0.2, 0.25) is 10.0 Å². The highest BCUT2D eigenvalue weighted by Crippen LogP contribution is 2.22. The van der Waals surface area contributed by atoms with Crippen LogP contribution in [0.2, 0.25) is 0 Å². The number of nitrogens with one attached hydrogen (secondary N) is 1. The van der Waals surface area contributed by atoms with Crippen LogP contribution < -0.4 is 4.72 Å². The maximum Gasteiger partial charge on any atom is 0.305 e. The summed E-state index contributed by atoms with van der Waals surface area (Å²) in [6, 6.07) is 3.97. The number of aliphatic carboxylic acids is 1. The van der Waals surface area contributed by atoms with Crippen molar-refractivity contribution in [1.29, 1.82) is 0 Å². The summed E-state index contributed by atoms with van der Waals surface area (Å²) < 4.78 is 41.6. The SMILES string of the molecule is Cc1nn(C)cc1S(=O)(=O)NC(CC(=O)O)c1ccc(F)cc1. The molecule has 9 heteroatoms. The van der Waals surface area contributed by atoms with Gasteiger partial charge in [0.15, 0.2) is 0 Å². The number of nitrogens with zero attached hydrogens (tertiary/aromatic N) is 2. The van der Waals surface area contributed by atoms with Gasteiger partial charge in [0, 0.05) is 13.2 Å². The van der Waals surface area contributed by atoms with E-state index in [0.29, 0.717) is 11.3 Å². The van der Waals surface area contributed by atoms with Gasteiger partial charge in [-0.1, -0.05) is 12.1 Å². The molecule has 1 unspecified atom stereocenters. The van der Waals surface area contributed by atoms with Gasteiger partial charge in [0.1, 0.15) is 10.7 Å². The van der Waals surface area contributed by atoms with Gasteiger partial charge in [-0.25, -0.2) is 17.5 Å². The van der Waals surface area contributed by atoms with E-state index in [4.69, 9.17) is 5.11 Å². The minimum atomic E-state index is -3.96. The summed E-state index contributed by atoms with van der Waals surface area (Å²) in [5.74, 6) is -1.67.